The summed E-state index contributed by atoms with van der Waals surface area (Å²) in [6.45, 7) is 3.78. The number of hydrogen-bond acceptors (Lipinski definition) is 7. The molecule has 1 fully saturated rings. The van der Waals surface area contributed by atoms with E-state index in [1.807, 2.05) is 0 Å². The van der Waals surface area contributed by atoms with Crippen LogP contribution in [0.15, 0.2) is 30.5 Å². The fraction of sp³-hybridized carbons (Fsp3) is 0.474. The Morgan fingerprint density at radius 1 is 1.23 bits per heavy atom. The molecule has 1 amide bonds. The number of piperazine rings is 1. The molecular formula is C19H22FN5O5. The van der Waals surface area contributed by atoms with Crippen LogP contribution in [0, 0.1) is 15.9 Å². The Bertz CT molecular complexity index is 911. The number of hydrogen-bond donors (Lipinski definition) is 0. The number of aryl methyl sites for hydroxylation is 1. The second-order valence-corrected chi connectivity index (χ2v) is 7.33. The Labute approximate surface area is 171 Å². The lowest BCUT2D eigenvalue weighted by molar-refractivity contribution is -0.389. The first-order valence-corrected chi connectivity index (χ1v) is 9.74. The van der Waals surface area contributed by atoms with Crippen LogP contribution in [0.1, 0.15) is 12.0 Å². The van der Waals surface area contributed by atoms with Gasteiger partial charge >= 0.3 is 17.9 Å². The standard InChI is InChI=1S/C19H22FN5O5/c20-15-3-1-14(2-4-15)11-22-7-9-23(10-8-22)19(26)29-13-16-5-6-24-12-17(25(27)28)21-18(24)30-16/h1-4,12,16H,5-11,13H2. The van der Waals surface area contributed by atoms with Crippen molar-refractivity contribution in [2.45, 2.75) is 25.6 Å². The third kappa shape index (κ3) is 4.67. The maximum absolute atomic E-state index is 13.0. The molecule has 2 aliphatic rings. The van der Waals surface area contributed by atoms with Crippen LogP contribution >= 0.6 is 0 Å². The third-order valence-corrected chi connectivity index (χ3v) is 5.22. The molecule has 30 heavy (non-hydrogen) atoms. The monoisotopic (exact) mass is 419 g/mol. The SMILES string of the molecule is O=C(OCC1CCn2cc([N+](=O)[O-])nc2O1)N1CCN(Cc2ccc(F)cc2)CC1. The number of nitro groups is 1. The molecule has 0 bridgehead atoms. The highest BCUT2D eigenvalue weighted by atomic mass is 19.1. The predicted octanol–water partition coefficient (Wildman–Crippen LogP) is 2.04. The van der Waals surface area contributed by atoms with Gasteiger partial charge in [-0.05, 0) is 22.6 Å². The molecule has 3 heterocycles. The van der Waals surface area contributed by atoms with Gasteiger partial charge in [-0.3, -0.25) is 9.47 Å². The molecule has 2 aromatic rings. The van der Waals surface area contributed by atoms with E-state index in [2.05, 4.69) is 9.88 Å². The van der Waals surface area contributed by atoms with E-state index in [-0.39, 0.29) is 30.4 Å². The van der Waals surface area contributed by atoms with Gasteiger partial charge in [-0.1, -0.05) is 12.1 Å². The summed E-state index contributed by atoms with van der Waals surface area (Å²) in [7, 11) is 0. The Hall–Kier alpha value is -3.21. The van der Waals surface area contributed by atoms with E-state index in [0.29, 0.717) is 45.7 Å². The van der Waals surface area contributed by atoms with Gasteiger partial charge in [-0.2, -0.15) is 0 Å². The van der Waals surface area contributed by atoms with E-state index in [9.17, 15) is 19.3 Å². The van der Waals surface area contributed by atoms with Crippen molar-refractivity contribution in [2.24, 2.45) is 0 Å². The van der Waals surface area contributed by atoms with E-state index in [1.165, 1.54) is 18.3 Å². The largest absolute Gasteiger partial charge is 0.445 e. The Morgan fingerprint density at radius 3 is 2.67 bits per heavy atom. The number of aromatic nitrogens is 2. The normalized spacial score (nSPS) is 19.1. The number of imidazole rings is 1. The number of fused-ring (bicyclic) bond motifs is 1. The lowest BCUT2D eigenvalue weighted by atomic mass is 10.2. The molecule has 0 saturated carbocycles. The number of ether oxygens (including phenoxy) is 2. The average Bonchev–Trinajstić information content (AvgIpc) is 3.18. The van der Waals surface area contributed by atoms with Gasteiger partial charge in [0.15, 0.2) is 0 Å². The molecule has 160 valence electrons. The molecule has 0 radical (unpaired) electrons. The molecule has 1 aromatic carbocycles. The zero-order valence-corrected chi connectivity index (χ0v) is 16.3. The average molecular weight is 419 g/mol. The van der Waals surface area contributed by atoms with Crippen molar-refractivity contribution >= 4 is 11.9 Å². The minimum atomic E-state index is -0.570. The van der Waals surface area contributed by atoms with Crippen molar-refractivity contribution in [2.75, 3.05) is 32.8 Å². The van der Waals surface area contributed by atoms with Crippen molar-refractivity contribution in [3.05, 3.63) is 52.0 Å². The van der Waals surface area contributed by atoms with Crippen LogP contribution in [-0.4, -0.2) is 69.3 Å². The smallest absolute Gasteiger partial charge is 0.414 e. The molecule has 1 unspecified atom stereocenters. The quantitative estimate of drug-likeness (QED) is 0.540. The lowest BCUT2D eigenvalue weighted by Gasteiger charge is -2.34. The first-order valence-electron chi connectivity index (χ1n) is 9.74. The summed E-state index contributed by atoms with van der Waals surface area (Å²) >= 11 is 0. The van der Waals surface area contributed by atoms with Gasteiger partial charge < -0.3 is 24.5 Å². The lowest BCUT2D eigenvalue weighted by Crippen LogP contribution is -2.49. The van der Waals surface area contributed by atoms with Crippen LogP contribution in [0.25, 0.3) is 0 Å². The number of carbonyl (C=O) groups is 1. The van der Waals surface area contributed by atoms with Crippen molar-refractivity contribution in [3.63, 3.8) is 0 Å². The molecule has 10 nitrogen and oxygen atoms in total. The van der Waals surface area contributed by atoms with E-state index in [4.69, 9.17) is 9.47 Å². The minimum absolute atomic E-state index is 0.0648. The number of amides is 1. The van der Waals surface area contributed by atoms with E-state index in [1.54, 1.807) is 21.6 Å². The maximum atomic E-state index is 13.0. The van der Waals surface area contributed by atoms with Crippen molar-refractivity contribution in [3.8, 4) is 6.01 Å². The van der Waals surface area contributed by atoms with Crippen molar-refractivity contribution in [1.82, 2.24) is 19.4 Å². The maximum Gasteiger partial charge on any atom is 0.414 e. The molecule has 1 atom stereocenters. The fourth-order valence-electron chi connectivity index (χ4n) is 3.53. The molecular weight excluding hydrogens is 397 g/mol. The van der Waals surface area contributed by atoms with Gasteiger partial charge in [0, 0.05) is 50.7 Å². The van der Waals surface area contributed by atoms with Crippen LogP contribution < -0.4 is 4.74 Å². The second kappa shape index (κ2) is 8.66. The zero-order chi connectivity index (χ0) is 21.1. The summed E-state index contributed by atoms with van der Waals surface area (Å²) < 4.78 is 25.6. The van der Waals surface area contributed by atoms with Gasteiger partial charge in [-0.15, -0.1) is 0 Å². The first kappa shape index (κ1) is 20.1. The molecule has 11 heteroatoms. The topological polar surface area (TPSA) is 103 Å². The molecule has 1 aromatic heterocycles. The predicted molar refractivity (Wildman–Crippen MR) is 103 cm³/mol. The molecule has 4 rings (SSSR count). The van der Waals surface area contributed by atoms with Crippen LogP contribution in [0.3, 0.4) is 0 Å². The summed E-state index contributed by atoms with van der Waals surface area (Å²) in [5.41, 5.74) is 1.03. The highest BCUT2D eigenvalue weighted by Gasteiger charge is 2.30. The summed E-state index contributed by atoms with van der Waals surface area (Å²) in [5, 5.41) is 10.8. The van der Waals surface area contributed by atoms with Gasteiger partial charge in [0.1, 0.15) is 24.7 Å². The van der Waals surface area contributed by atoms with Crippen LogP contribution in [0.4, 0.5) is 15.0 Å². The van der Waals surface area contributed by atoms with Crippen molar-refractivity contribution in [1.29, 1.82) is 0 Å². The molecule has 0 aliphatic carbocycles. The third-order valence-electron chi connectivity index (χ3n) is 5.22. The van der Waals surface area contributed by atoms with Crippen LogP contribution in [0.2, 0.25) is 0 Å². The molecule has 0 spiro atoms. The fourth-order valence-corrected chi connectivity index (χ4v) is 3.53. The summed E-state index contributed by atoms with van der Waals surface area (Å²) in [4.78, 5) is 30.3. The zero-order valence-electron chi connectivity index (χ0n) is 16.3. The van der Waals surface area contributed by atoms with Gasteiger partial charge in [0.25, 0.3) is 0 Å². The summed E-state index contributed by atoms with van der Waals surface area (Å²) in [6, 6.07) is 6.59. The molecule has 2 aliphatic heterocycles. The van der Waals surface area contributed by atoms with Crippen LogP contribution in [-0.2, 0) is 17.8 Å². The number of benzene rings is 1. The Kier molecular flexibility index (Phi) is 5.79. The Morgan fingerprint density at radius 2 is 1.97 bits per heavy atom. The number of rotatable bonds is 5. The second-order valence-electron chi connectivity index (χ2n) is 7.33. The van der Waals surface area contributed by atoms with Gasteiger partial charge in [0.2, 0.25) is 0 Å². The summed E-state index contributed by atoms with van der Waals surface area (Å²) in [5.74, 6) is -0.517. The highest BCUT2D eigenvalue weighted by molar-refractivity contribution is 5.67. The molecule has 0 N–H and O–H groups in total. The Balaban J connectivity index is 1.20. The van der Waals surface area contributed by atoms with Crippen LogP contribution in [0.5, 0.6) is 6.01 Å². The van der Waals surface area contributed by atoms with Gasteiger partial charge in [-0.25, -0.2) is 9.18 Å². The first-order chi connectivity index (χ1) is 14.5. The minimum Gasteiger partial charge on any atom is -0.445 e. The van der Waals surface area contributed by atoms with Crippen molar-refractivity contribution < 1.29 is 23.6 Å². The highest BCUT2D eigenvalue weighted by Crippen LogP contribution is 2.24. The number of carbonyl (C=O) groups excluding carboxylic acids is 1. The molecule has 1 saturated heterocycles. The van der Waals surface area contributed by atoms with E-state index < -0.39 is 11.0 Å². The summed E-state index contributed by atoms with van der Waals surface area (Å²) in [6.07, 6.45) is 1.12. The number of halogens is 1. The van der Waals surface area contributed by atoms with E-state index in [0.717, 1.165) is 5.56 Å². The number of nitrogens with zero attached hydrogens (tertiary/aromatic N) is 5. The van der Waals surface area contributed by atoms with Gasteiger partial charge in [0.05, 0.1) is 0 Å². The van der Waals surface area contributed by atoms with E-state index >= 15 is 0 Å².